The average Bonchev–Trinajstić information content (AvgIpc) is 0.721. The highest BCUT2D eigenvalue weighted by atomic mass is 16.5. The minimum absolute atomic E-state index is 0.0413. The topological polar surface area (TPSA) is 126 Å². The van der Waals surface area contributed by atoms with Crippen LogP contribution in [0.5, 0.6) is 46.0 Å². The van der Waals surface area contributed by atoms with E-state index in [4.69, 9.17) is 49.4 Å². The van der Waals surface area contributed by atoms with Crippen molar-refractivity contribution in [3.63, 3.8) is 0 Å². The summed E-state index contributed by atoms with van der Waals surface area (Å²) in [5, 5.41) is 0. The Hall–Kier alpha value is -7.92. The van der Waals surface area contributed by atoms with Gasteiger partial charge in [-0.2, -0.15) is 0 Å². The van der Waals surface area contributed by atoms with E-state index in [-0.39, 0.29) is 21.9 Å². The summed E-state index contributed by atoms with van der Waals surface area (Å²) < 4.78 is 59.5. The van der Waals surface area contributed by atoms with Gasteiger partial charge in [0.1, 0.15) is 98.9 Å². The molecule has 10 aliphatic carbocycles. The summed E-state index contributed by atoms with van der Waals surface area (Å²) in [5.41, 5.74) is 35.2. The van der Waals surface area contributed by atoms with Gasteiger partial charge in [-0.1, -0.05) is 133 Å². The molecule has 8 saturated carbocycles. The van der Waals surface area contributed by atoms with E-state index in [9.17, 15) is 0 Å². The fourth-order valence-corrected chi connectivity index (χ4v) is 21.8. The Balaban J connectivity index is 0.883. The fraction of sp³-hybridized carbons (Fsp3) is 0.429. The van der Waals surface area contributed by atoms with E-state index in [2.05, 4.69) is 133 Å². The fourth-order valence-electron chi connectivity index (χ4n) is 21.8. The van der Waals surface area contributed by atoms with Crippen LogP contribution in [0.4, 0.5) is 0 Å². The van der Waals surface area contributed by atoms with Gasteiger partial charge in [-0.15, -0.1) is 0 Å². The number of fused-ring (bicyclic) bond motifs is 12. The molecule has 0 aromatic heterocycles. The predicted molar refractivity (Wildman–Crippen MR) is 365 cm³/mol. The van der Waals surface area contributed by atoms with Gasteiger partial charge in [0, 0.05) is 62.4 Å². The molecular formula is C84H86N2O8. The third kappa shape index (κ3) is 10.1. The van der Waals surface area contributed by atoms with Gasteiger partial charge in [0.25, 0.3) is 0 Å². The van der Waals surface area contributed by atoms with Crippen molar-refractivity contribution in [2.45, 2.75) is 150 Å². The Morgan fingerprint density at radius 3 is 0.617 bits per heavy atom. The molecule has 0 radical (unpaired) electrons. The predicted octanol–water partition coefficient (Wildman–Crippen LogP) is 14.9. The zero-order valence-corrected chi connectivity index (χ0v) is 54.2. The highest BCUT2D eigenvalue weighted by Crippen LogP contribution is 2.64. The maximum Gasteiger partial charge on any atom is 0.126 e. The first-order valence-electron chi connectivity index (χ1n) is 35.6. The minimum atomic E-state index is -0.156. The molecule has 4 unspecified atom stereocenters. The Bertz CT molecular complexity index is 3890. The van der Waals surface area contributed by atoms with Gasteiger partial charge in [-0.3, -0.25) is 0 Å². The Kier molecular flexibility index (Phi) is 13.7. The maximum atomic E-state index is 7.56. The standard InChI is InChI=1S/C84H86N2O8/c85-83-45-51-27-52(46-83)42-81(41-51,49-83)71-37-67-33-63-15-5-16-64-34-68-38-72(82-43-53-28-54(44-82)48-84(86,47-53)50-82)40-70-36-66-18-6-17-65-35-69(39-71)79(67)93-25-23-89-75-59-11-3-13-61(75)31-57-9-2-10-58(74(57)88-20-22-92-78(65)66)32-62-14-4-12-60(76(62)90-24-26-94-80(68)70)30-56-8-1-7-55(29-59)73(56)87-19-21-91-77(63)64/h1-18,37-40,51-54H,19-36,41-50,85-86H2/t51-,52+,53-,54+,81?,82?,83?,84?. The summed E-state index contributed by atoms with van der Waals surface area (Å²) >= 11 is 0. The molecule has 8 fully saturated rings. The summed E-state index contributed by atoms with van der Waals surface area (Å²) in [7, 11) is 0. The molecule has 8 aromatic carbocycles. The molecule has 8 aromatic rings. The summed E-state index contributed by atoms with van der Waals surface area (Å²) in [6.45, 7) is 2.59. The van der Waals surface area contributed by atoms with E-state index < -0.39 is 0 Å². The molecular weight excluding hydrogens is 1160 g/mol. The van der Waals surface area contributed by atoms with Crippen LogP contribution in [0.3, 0.4) is 0 Å². The lowest BCUT2D eigenvalue weighted by molar-refractivity contribution is -0.0230. The molecule has 8 atom stereocenters. The van der Waals surface area contributed by atoms with E-state index in [1.165, 1.54) is 49.7 Å². The Labute approximate surface area is 552 Å². The van der Waals surface area contributed by atoms with E-state index in [1.807, 2.05) is 0 Å². The lowest BCUT2D eigenvalue weighted by Crippen LogP contribution is -2.61. The molecule has 94 heavy (non-hydrogen) atoms. The summed E-state index contributed by atoms with van der Waals surface area (Å²) in [4.78, 5) is 0. The zero-order valence-electron chi connectivity index (χ0n) is 54.2. The van der Waals surface area contributed by atoms with Crippen LogP contribution >= 0.6 is 0 Å². The van der Waals surface area contributed by atoms with Crippen LogP contribution in [0.15, 0.2) is 133 Å². The second kappa shape index (κ2) is 22.3. The van der Waals surface area contributed by atoms with Crippen molar-refractivity contribution in [2.75, 3.05) is 52.9 Å². The molecule has 4 aliphatic heterocycles. The third-order valence-electron chi connectivity index (χ3n) is 24.3. The molecule has 32 bridgehead atoms. The SMILES string of the molecule is NC12C[C@H]3C[C@@H](C1)CC(c1cc4c5c(c1)Cc1cccc6c1OCCOc1c7cccc1Cc1cccc8c1OCCOc1c(cc(C9%10C[C@@H]%11C[C@@H](CC(N)(C%11)C9)C%10)cc1C6)Cc1cccc(c1OCCOc1c(cccc1C8)Cc1cccc(c1OCCO5)C7)C4)(C3)C2. The summed E-state index contributed by atoms with van der Waals surface area (Å²) in [6.07, 6.45) is 18.4. The van der Waals surface area contributed by atoms with Gasteiger partial charge in [0.05, 0.1) is 0 Å². The first kappa shape index (κ1) is 57.5. The average molecular weight is 1250 g/mol. The number of nitrogens with two attached hydrogens (primary N) is 2. The first-order valence-corrected chi connectivity index (χ1v) is 35.6. The molecule has 480 valence electrons. The van der Waals surface area contributed by atoms with Crippen molar-refractivity contribution in [2.24, 2.45) is 35.1 Å². The van der Waals surface area contributed by atoms with Crippen molar-refractivity contribution in [3.8, 4) is 46.0 Å². The second-order valence-electron chi connectivity index (χ2n) is 31.1. The molecule has 10 heteroatoms. The van der Waals surface area contributed by atoms with Crippen LogP contribution in [0, 0.1) is 23.7 Å². The van der Waals surface area contributed by atoms with Crippen LogP contribution in [-0.2, 0) is 62.2 Å². The number of hydrogen-bond acceptors (Lipinski definition) is 10. The molecule has 0 amide bonds. The monoisotopic (exact) mass is 1250 g/mol. The number of hydrogen-bond donors (Lipinski definition) is 2. The van der Waals surface area contributed by atoms with Crippen molar-refractivity contribution in [3.05, 3.63) is 234 Å². The number of ether oxygens (including phenoxy) is 8. The molecule has 4 heterocycles. The van der Waals surface area contributed by atoms with E-state index in [1.54, 1.807) is 0 Å². The normalized spacial score (nSPS) is 28.2. The van der Waals surface area contributed by atoms with Crippen LogP contribution in [0.25, 0.3) is 0 Å². The van der Waals surface area contributed by atoms with Crippen molar-refractivity contribution < 1.29 is 37.9 Å². The highest BCUT2D eigenvalue weighted by Gasteiger charge is 2.58. The van der Waals surface area contributed by atoms with E-state index in [0.29, 0.717) is 128 Å². The lowest BCUT2D eigenvalue weighted by atomic mass is 9.45. The van der Waals surface area contributed by atoms with Crippen molar-refractivity contribution >= 4 is 0 Å². The molecule has 14 aliphatic rings. The van der Waals surface area contributed by atoms with Crippen LogP contribution in [0.2, 0.25) is 0 Å². The molecule has 0 saturated heterocycles. The second-order valence-corrected chi connectivity index (χ2v) is 31.1. The van der Waals surface area contributed by atoms with Gasteiger partial charge in [-0.05, 0) is 212 Å². The zero-order chi connectivity index (χ0) is 62.3. The van der Waals surface area contributed by atoms with E-state index >= 15 is 0 Å². The Morgan fingerprint density at radius 2 is 0.426 bits per heavy atom. The molecule has 0 spiro atoms. The van der Waals surface area contributed by atoms with Gasteiger partial charge in [0.2, 0.25) is 0 Å². The number of rotatable bonds is 2. The van der Waals surface area contributed by atoms with Gasteiger partial charge in [0.15, 0.2) is 0 Å². The first-order chi connectivity index (χ1) is 46.0. The smallest absolute Gasteiger partial charge is 0.126 e. The quantitative estimate of drug-likeness (QED) is 0.173. The van der Waals surface area contributed by atoms with Crippen LogP contribution in [0.1, 0.15) is 177 Å². The van der Waals surface area contributed by atoms with Gasteiger partial charge >= 0.3 is 0 Å². The largest absolute Gasteiger partial charge is 0.489 e. The summed E-state index contributed by atoms with van der Waals surface area (Å²) in [5.74, 6) is 9.55. The van der Waals surface area contributed by atoms with Gasteiger partial charge in [-0.25, -0.2) is 0 Å². The lowest BCUT2D eigenvalue weighted by Gasteiger charge is -2.61. The highest BCUT2D eigenvalue weighted by molar-refractivity contribution is 5.61. The molecule has 22 rings (SSSR count). The maximum absolute atomic E-state index is 7.56. The number of para-hydroxylation sites is 6. The Morgan fingerprint density at radius 1 is 0.245 bits per heavy atom. The minimum Gasteiger partial charge on any atom is -0.489 e. The third-order valence-corrected chi connectivity index (χ3v) is 24.3. The van der Waals surface area contributed by atoms with Crippen LogP contribution in [-0.4, -0.2) is 63.9 Å². The molecule has 4 N–H and O–H groups in total. The van der Waals surface area contributed by atoms with Gasteiger partial charge < -0.3 is 49.4 Å². The van der Waals surface area contributed by atoms with Crippen molar-refractivity contribution in [1.29, 1.82) is 0 Å². The summed E-state index contributed by atoms with van der Waals surface area (Å²) in [6, 6.07) is 50.5. The van der Waals surface area contributed by atoms with Crippen molar-refractivity contribution in [1.82, 2.24) is 0 Å². The van der Waals surface area contributed by atoms with E-state index in [0.717, 1.165) is 174 Å². The number of benzene rings is 8. The molecule has 10 nitrogen and oxygen atoms in total. The van der Waals surface area contributed by atoms with Crippen LogP contribution < -0.4 is 49.4 Å².